The zero-order valence-corrected chi connectivity index (χ0v) is 22.9. The van der Waals surface area contributed by atoms with Gasteiger partial charge in [-0.15, -0.1) is 0 Å². The molecule has 1 amide bonds. The molecule has 7 nitrogen and oxygen atoms in total. The van der Waals surface area contributed by atoms with E-state index in [0.29, 0.717) is 6.54 Å². The summed E-state index contributed by atoms with van der Waals surface area (Å²) in [5.74, 6) is -1.12. The first-order valence-electron chi connectivity index (χ1n) is 13.2. The zero-order chi connectivity index (χ0) is 28.9. The van der Waals surface area contributed by atoms with E-state index in [1.165, 1.54) is 0 Å². The summed E-state index contributed by atoms with van der Waals surface area (Å²) in [4.78, 5) is 18.2. The van der Waals surface area contributed by atoms with Crippen LogP contribution in [0.4, 0.5) is 24.5 Å². The predicted octanol–water partition coefficient (Wildman–Crippen LogP) is 6.49. The van der Waals surface area contributed by atoms with Crippen LogP contribution < -0.4 is 4.90 Å². The summed E-state index contributed by atoms with van der Waals surface area (Å²) < 4.78 is 49.8. The number of hydrogen-bond donors (Lipinski definition) is 0. The van der Waals surface area contributed by atoms with Gasteiger partial charge in [-0.25, -0.2) is 6.57 Å². The summed E-state index contributed by atoms with van der Waals surface area (Å²) in [5, 5.41) is 4.09. The molecule has 1 aromatic heterocycles. The molecule has 0 unspecified atom stereocenters. The van der Waals surface area contributed by atoms with Crippen molar-refractivity contribution in [3.05, 3.63) is 76.5 Å². The summed E-state index contributed by atoms with van der Waals surface area (Å²) in [6.07, 6.45) is -3.17. The zero-order valence-electron chi connectivity index (χ0n) is 22.9. The molecule has 0 radical (unpaired) electrons. The van der Waals surface area contributed by atoms with E-state index in [1.54, 1.807) is 6.92 Å². The van der Waals surface area contributed by atoms with Gasteiger partial charge in [0, 0.05) is 41.9 Å². The minimum Gasteiger partial charge on any atom is -0.370 e. The van der Waals surface area contributed by atoms with Crippen LogP contribution in [0.25, 0.3) is 16.0 Å². The van der Waals surface area contributed by atoms with E-state index in [1.807, 2.05) is 57.2 Å². The Balaban J connectivity index is 1.40. The Kier molecular flexibility index (Phi) is 6.91. The number of anilines is 2. The van der Waals surface area contributed by atoms with E-state index in [0.717, 1.165) is 62.8 Å². The predicted molar refractivity (Wildman–Crippen MR) is 144 cm³/mol. The SMILES string of the molecule is [C-]#[N+]C1(c2ccc(N(CCOC3(C)CN(C(=O)C(F)(F)F)C3)c3cc(-c4c(C)noc4C)ccc3C)cc2)CC1. The maximum Gasteiger partial charge on any atom is 0.471 e. The first-order valence-corrected chi connectivity index (χ1v) is 13.2. The number of nitrogens with zero attached hydrogens (tertiary/aromatic N) is 4. The third kappa shape index (κ3) is 5.18. The van der Waals surface area contributed by atoms with Gasteiger partial charge in [0.2, 0.25) is 0 Å². The molecule has 2 heterocycles. The molecule has 2 fully saturated rings. The van der Waals surface area contributed by atoms with Gasteiger partial charge in [0.15, 0.2) is 0 Å². The van der Waals surface area contributed by atoms with Crippen LogP contribution in [0.5, 0.6) is 0 Å². The third-order valence-corrected chi connectivity index (χ3v) is 7.82. The molecule has 0 bridgehead atoms. The lowest BCUT2D eigenvalue weighted by Gasteiger charge is -2.47. The van der Waals surface area contributed by atoms with Crippen molar-refractivity contribution in [1.82, 2.24) is 10.1 Å². The summed E-state index contributed by atoms with van der Waals surface area (Å²) in [6.45, 7) is 15.5. The Morgan fingerprint density at radius 1 is 1.15 bits per heavy atom. The lowest BCUT2D eigenvalue weighted by atomic mass is 9.96. The van der Waals surface area contributed by atoms with Crippen molar-refractivity contribution < 1.29 is 27.2 Å². The summed E-state index contributed by atoms with van der Waals surface area (Å²) in [7, 11) is 0. The molecule has 1 aliphatic heterocycles. The number of halogens is 3. The van der Waals surface area contributed by atoms with Crippen LogP contribution in [0.2, 0.25) is 0 Å². The maximum absolute atomic E-state index is 12.8. The normalized spacial score (nSPS) is 17.2. The molecule has 0 N–H and O–H groups in total. The van der Waals surface area contributed by atoms with Crippen molar-refractivity contribution in [2.75, 3.05) is 31.1 Å². The topological polar surface area (TPSA) is 63.2 Å². The van der Waals surface area contributed by atoms with E-state index in [4.69, 9.17) is 15.8 Å². The van der Waals surface area contributed by atoms with Crippen molar-refractivity contribution >= 4 is 17.3 Å². The molecule has 1 saturated carbocycles. The molecule has 0 spiro atoms. The number of rotatable bonds is 8. The average molecular weight is 553 g/mol. The fourth-order valence-corrected chi connectivity index (χ4v) is 5.43. The minimum absolute atomic E-state index is 0.112. The van der Waals surface area contributed by atoms with Crippen LogP contribution in [0.3, 0.4) is 0 Å². The smallest absolute Gasteiger partial charge is 0.370 e. The van der Waals surface area contributed by atoms with Crippen molar-refractivity contribution in [3.63, 3.8) is 0 Å². The molecule has 210 valence electrons. The minimum atomic E-state index is -4.89. The molecule has 10 heteroatoms. The first-order chi connectivity index (χ1) is 18.9. The van der Waals surface area contributed by atoms with E-state index in [9.17, 15) is 18.0 Å². The van der Waals surface area contributed by atoms with Gasteiger partial charge in [-0.1, -0.05) is 17.3 Å². The second-order valence-electron chi connectivity index (χ2n) is 11.0. The summed E-state index contributed by atoms with van der Waals surface area (Å²) >= 11 is 0. The molecule has 0 atom stereocenters. The number of ether oxygens (including phenoxy) is 1. The summed E-state index contributed by atoms with van der Waals surface area (Å²) in [5.41, 5.74) is 5.27. The van der Waals surface area contributed by atoms with Crippen molar-refractivity contribution in [1.29, 1.82) is 0 Å². The lowest BCUT2D eigenvalue weighted by Crippen LogP contribution is -2.65. The highest BCUT2D eigenvalue weighted by molar-refractivity contribution is 5.83. The number of benzene rings is 2. The molecule has 40 heavy (non-hydrogen) atoms. The largest absolute Gasteiger partial charge is 0.471 e. The van der Waals surface area contributed by atoms with E-state index in [-0.39, 0.29) is 19.7 Å². The van der Waals surface area contributed by atoms with Crippen LogP contribution in [0, 0.1) is 27.3 Å². The van der Waals surface area contributed by atoms with E-state index >= 15 is 0 Å². The van der Waals surface area contributed by atoms with Crippen LogP contribution in [0.1, 0.15) is 42.3 Å². The number of likely N-dealkylation sites (tertiary alicyclic amines) is 1. The number of aryl methyl sites for hydroxylation is 3. The van der Waals surface area contributed by atoms with Gasteiger partial charge in [-0.05, 0) is 69.2 Å². The van der Waals surface area contributed by atoms with Gasteiger partial charge in [0.1, 0.15) is 11.4 Å². The second-order valence-corrected chi connectivity index (χ2v) is 11.0. The maximum atomic E-state index is 12.8. The highest BCUT2D eigenvalue weighted by Gasteiger charge is 2.53. The quantitative estimate of drug-likeness (QED) is 0.299. The molecule has 2 aromatic carbocycles. The number of hydrogen-bond acceptors (Lipinski definition) is 5. The number of amides is 1. The number of aromatic nitrogens is 1. The van der Waals surface area contributed by atoms with Crippen LogP contribution in [-0.2, 0) is 15.1 Å². The van der Waals surface area contributed by atoms with Gasteiger partial charge in [-0.2, -0.15) is 13.2 Å². The fraction of sp³-hybridized carbons (Fsp3) is 0.433. The highest BCUT2D eigenvalue weighted by atomic mass is 19.4. The van der Waals surface area contributed by atoms with Gasteiger partial charge >= 0.3 is 12.1 Å². The van der Waals surface area contributed by atoms with Crippen molar-refractivity contribution in [2.45, 2.75) is 57.9 Å². The Labute approximate surface area is 231 Å². The molecule has 2 aliphatic rings. The second kappa shape index (κ2) is 9.97. The molecule has 3 aromatic rings. The standard InChI is InChI=1S/C30H31F3N4O3/c1-19-6-7-22(26-20(2)35-40-21(26)3)16-25(19)37(24-10-8-23(9-11-24)29(34-5)12-13-29)14-15-39-28(4)17-36(18-28)27(38)30(31,32)33/h6-11,16H,12-15,17-18H2,1-4H3. The molecule has 1 saturated heterocycles. The van der Waals surface area contributed by atoms with Gasteiger partial charge in [0.05, 0.1) is 25.4 Å². The Hall–Kier alpha value is -3.84. The van der Waals surface area contributed by atoms with Gasteiger partial charge in [0.25, 0.3) is 5.54 Å². The molecule has 1 aliphatic carbocycles. The average Bonchev–Trinajstić information content (AvgIpc) is 3.63. The lowest BCUT2D eigenvalue weighted by molar-refractivity contribution is -0.206. The first kappa shape index (κ1) is 27.7. The Morgan fingerprint density at radius 2 is 1.82 bits per heavy atom. The monoisotopic (exact) mass is 552 g/mol. The van der Waals surface area contributed by atoms with E-state index in [2.05, 4.69) is 21.0 Å². The van der Waals surface area contributed by atoms with Crippen LogP contribution in [0.15, 0.2) is 47.0 Å². The third-order valence-electron chi connectivity index (χ3n) is 7.82. The fourth-order valence-electron chi connectivity index (χ4n) is 5.43. The summed E-state index contributed by atoms with van der Waals surface area (Å²) in [6, 6.07) is 14.1. The molecular formula is C30H31F3N4O3. The van der Waals surface area contributed by atoms with Gasteiger partial charge in [-0.3, -0.25) is 4.79 Å². The van der Waals surface area contributed by atoms with Crippen LogP contribution in [-0.4, -0.2) is 54.0 Å². The number of carbonyl (C=O) groups is 1. The number of carbonyl (C=O) groups excluding carboxylic acids is 1. The highest BCUT2D eigenvalue weighted by Crippen LogP contribution is 2.50. The Bertz CT molecular complexity index is 1440. The molecule has 5 rings (SSSR count). The van der Waals surface area contributed by atoms with Crippen molar-refractivity contribution in [3.8, 4) is 11.1 Å². The van der Waals surface area contributed by atoms with Gasteiger partial charge < -0.3 is 23.9 Å². The molecular weight excluding hydrogens is 521 g/mol. The van der Waals surface area contributed by atoms with Crippen molar-refractivity contribution in [2.24, 2.45) is 0 Å². The Morgan fingerprint density at radius 3 is 2.38 bits per heavy atom. The number of alkyl halides is 3. The van der Waals surface area contributed by atoms with Crippen LogP contribution >= 0.6 is 0 Å². The van der Waals surface area contributed by atoms with E-state index < -0.39 is 23.2 Å².